The van der Waals surface area contributed by atoms with Crippen LogP contribution in [0.3, 0.4) is 0 Å². The third kappa shape index (κ3) is 3.49. The number of carbonyl (C=O) groups excluding carboxylic acids is 1. The Morgan fingerprint density at radius 1 is 1.33 bits per heavy atom. The van der Waals surface area contributed by atoms with Crippen LogP contribution < -0.4 is 4.74 Å². The first-order valence-electron chi connectivity index (χ1n) is 6.60. The first-order chi connectivity index (χ1) is 8.66. The zero-order valence-electron chi connectivity index (χ0n) is 10.7. The normalized spacial score (nSPS) is 16.6. The van der Waals surface area contributed by atoms with Crippen LogP contribution in [0.15, 0.2) is 18.2 Å². The minimum Gasteiger partial charge on any atom is -0.492 e. The zero-order chi connectivity index (χ0) is 13.0. The van der Waals surface area contributed by atoms with Gasteiger partial charge < -0.3 is 4.74 Å². The van der Waals surface area contributed by atoms with Gasteiger partial charge in [0.25, 0.3) is 0 Å². The summed E-state index contributed by atoms with van der Waals surface area (Å²) < 4.78 is 5.77. The average Bonchev–Trinajstić information content (AvgIpc) is 2.38. The van der Waals surface area contributed by atoms with Crippen molar-refractivity contribution in [1.82, 2.24) is 0 Å². The number of carbonyl (C=O) groups is 1. The smallest absolute Gasteiger partial charge is 0.159 e. The van der Waals surface area contributed by atoms with Gasteiger partial charge in [-0.3, -0.25) is 4.79 Å². The summed E-state index contributed by atoms with van der Waals surface area (Å²) in [6.45, 7) is 2.27. The van der Waals surface area contributed by atoms with Crippen LogP contribution in [0.2, 0.25) is 5.02 Å². The van der Waals surface area contributed by atoms with Gasteiger partial charge in [0.2, 0.25) is 0 Å². The van der Waals surface area contributed by atoms with E-state index in [1.807, 2.05) is 0 Å². The van der Waals surface area contributed by atoms with Crippen molar-refractivity contribution in [2.24, 2.45) is 5.92 Å². The van der Waals surface area contributed by atoms with Crippen molar-refractivity contribution >= 4 is 17.4 Å². The second kappa shape index (κ2) is 6.24. The average molecular weight is 267 g/mol. The molecule has 0 unspecified atom stereocenters. The third-order valence-electron chi connectivity index (χ3n) is 3.54. The lowest BCUT2D eigenvalue weighted by Gasteiger charge is -2.22. The monoisotopic (exact) mass is 266 g/mol. The van der Waals surface area contributed by atoms with Crippen molar-refractivity contribution in [1.29, 1.82) is 0 Å². The van der Waals surface area contributed by atoms with Crippen LogP contribution in [0.25, 0.3) is 0 Å². The summed E-state index contributed by atoms with van der Waals surface area (Å²) in [4.78, 5) is 11.2. The number of ether oxygens (including phenoxy) is 1. The van der Waals surface area contributed by atoms with Crippen LogP contribution in [0.5, 0.6) is 5.75 Å². The summed E-state index contributed by atoms with van der Waals surface area (Å²) in [5.74, 6) is 1.37. The molecule has 1 saturated carbocycles. The SMILES string of the molecule is CC(=O)c1ccc(OCC2CCCCC2)c(Cl)c1. The molecule has 0 saturated heterocycles. The third-order valence-corrected chi connectivity index (χ3v) is 3.83. The Hall–Kier alpha value is -1.02. The minimum absolute atomic E-state index is 0.0238. The minimum atomic E-state index is 0.0238. The summed E-state index contributed by atoms with van der Waals surface area (Å²) in [6, 6.07) is 5.24. The van der Waals surface area contributed by atoms with E-state index in [0.29, 0.717) is 22.3 Å². The van der Waals surface area contributed by atoms with Crippen LogP contribution in [0.4, 0.5) is 0 Å². The lowest BCUT2D eigenvalue weighted by atomic mass is 9.90. The molecule has 1 aromatic rings. The maximum absolute atomic E-state index is 11.2. The molecule has 2 rings (SSSR count). The molecule has 0 aromatic heterocycles. The van der Waals surface area contributed by atoms with Gasteiger partial charge in [-0.15, -0.1) is 0 Å². The summed E-state index contributed by atoms with van der Waals surface area (Å²) in [7, 11) is 0. The Morgan fingerprint density at radius 3 is 2.67 bits per heavy atom. The zero-order valence-corrected chi connectivity index (χ0v) is 11.5. The largest absolute Gasteiger partial charge is 0.492 e. The first kappa shape index (κ1) is 13.4. The van der Waals surface area contributed by atoms with Crippen molar-refractivity contribution < 1.29 is 9.53 Å². The number of hydrogen-bond donors (Lipinski definition) is 0. The van der Waals surface area contributed by atoms with Gasteiger partial charge >= 0.3 is 0 Å². The number of hydrogen-bond acceptors (Lipinski definition) is 2. The fourth-order valence-corrected chi connectivity index (χ4v) is 2.63. The molecule has 0 aliphatic heterocycles. The number of benzene rings is 1. The Kier molecular flexibility index (Phi) is 4.65. The predicted octanol–water partition coefficient (Wildman–Crippen LogP) is 4.50. The maximum Gasteiger partial charge on any atom is 0.159 e. The molecule has 1 aliphatic carbocycles. The molecule has 1 fully saturated rings. The lowest BCUT2D eigenvalue weighted by Crippen LogP contribution is -2.15. The van der Waals surface area contributed by atoms with Crippen molar-refractivity contribution in [3.63, 3.8) is 0 Å². The molecule has 0 radical (unpaired) electrons. The Bertz CT molecular complexity index is 423. The fraction of sp³-hybridized carbons (Fsp3) is 0.533. The molecule has 2 nitrogen and oxygen atoms in total. The van der Waals surface area contributed by atoms with Crippen LogP contribution in [-0.4, -0.2) is 12.4 Å². The molecule has 18 heavy (non-hydrogen) atoms. The molecule has 0 N–H and O–H groups in total. The Balaban J connectivity index is 1.94. The van der Waals surface area contributed by atoms with Crippen LogP contribution in [-0.2, 0) is 0 Å². The number of halogens is 1. The molecular formula is C15H19ClO2. The highest BCUT2D eigenvalue weighted by Gasteiger charge is 2.15. The highest BCUT2D eigenvalue weighted by atomic mass is 35.5. The van der Waals surface area contributed by atoms with Gasteiger partial charge in [-0.05, 0) is 43.9 Å². The van der Waals surface area contributed by atoms with Crippen molar-refractivity contribution in [2.45, 2.75) is 39.0 Å². The van der Waals surface area contributed by atoms with Crippen LogP contribution in [0, 0.1) is 5.92 Å². The summed E-state index contributed by atoms with van der Waals surface area (Å²) in [6.07, 6.45) is 6.48. The molecule has 1 aliphatic rings. The highest BCUT2D eigenvalue weighted by Crippen LogP contribution is 2.28. The second-order valence-corrected chi connectivity index (χ2v) is 5.42. The van der Waals surface area contributed by atoms with E-state index in [1.165, 1.54) is 39.0 Å². The van der Waals surface area contributed by atoms with E-state index in [-0.39, 0.29) is 5.78 Å². The molecular weight excluding hydrogens is 248 g/mol. The van der Waals surface area contributed by atoms with E-state index >= 15 is 0 Å². The van der Waals surface area contributed by atoms with Gasteiger partial charge in [-0.25, -0.2) is 0 Å². The summed E-state index contributed by atoms with van der Waals surface area (Å²) in [5, 5.41) is 0.526. The highest BCUT2D eigenvalue weighted by molar-refractivity contribution is 6.32. The van der Waals surface area contributed by atoms with Gasteiger partial charge in [-0.2, -0.15) is 0 Å². The van der Waals surface area contributed by atoms with E-state index in [1.54, 1.807) is 18.2 Å². The van der Waals surface area contributed by atoms with Crippen molar-refractivity contribution in [2.75, 3.05) is 6.61 Å². The standard InChI is InChI=1S/C15H19ClO2/c1-11(17)13-7-8-15(14(16)9-13)18-10-12-5-3-2-4-6-12/h7-9,12H,2-6,10H2,1H3. The molecule has 0 bridgehead atoms. The molecule has 0 spiro atoms. The predicted molar refractivity (Wildman–Crippen MR) is 73.5 cm³/mol. The summed E-state index contributed by atoms with van der Waals surface area (Å²) >= 11 is 6.11. The second-order valence-electron chi connectivity index (χ2n) is 5.02. The number of rotatable bonds is 4. The van der Waals surface area contributed by atoms with Gasteiger partial charge in [0.15, 0.2) is 5.78 Å². The number of ketones is 1. The molecule has 1 aromatic carbocycles. The number of Topliss-reactive ketones (excluding diaryl/α,β-unsaturated/α-hetero) is 1. The fourth-order valence-electron chi connectivity index (χ4n) is 2.40. The van der Waals surface area contributed by atoms with Crippen LogP contribution >= 0.6 is 11.6 Å². The molecule has 3 heteroatoms. The molecule has 0 amide bonds. The molecule has 98 valence electrons. The van der Waals surface area contributed by atoms with Crippen molar-refractivity contribution in [3.8, 4) is 5.75 Å². The lowest BCUT2D eigenvalue weighted by molar-refractivity contribution is 0.101. The van der Waals surface area contributed by atoms with E-state index in [0.717, 1.165) is 6.61 Å². The molecule has 0 atom stereocenters. The summed E-state index contributed by atoms with van der Waals surface area (Å²) in [5.41, 5.74) is 0.630. The van der Waals surface area contributed by atoms with Gasteiger partial charge in [0, 0.05) is 5.56 Å². The van der Waals surface area contributed by atoms with Crippen molar-refractivity contribution in [3.05, 3.63) is 28.8 Å². The van der Waals surface area contributed by atoms with Crippen LogP contribution in [0.1, 0.15) is 49.4 Å². The van der Waals surface area contributed by atoms with E-state index in [2.05, 4.69) is 0 Å². The van der Waals surface area contributed by atoms with Gasteiger partial charge in [0.05, 0.1) is 11.6 Å². The van der Waals surface area contributed by atoms with E-state index < -0.39 is 0 Å². The first-order valence-corrected chi connectivity index (χ1v) is 6.98. The van der Waals surface area contributed by atoms with Gasteiger partial charge in [-0.1, -0.05) is 30.9 Å². The van der Waals surface area contributed by atoms with Gasteiger partial charge in [0.1, 0.15) is 5.75 Å². The topological polar surface area (TPSA) is 26.3 Å². The quantitative estimate of drug-likeness (QED) is 0.750. The van der Waals surface area contributed by atoms with E-state index in [4.69, 9.17) is 16.3 Å². The Labute approximate surface area is 113 Å². The van der Waals surface area contributed by atoms with E-state index in [9.17, 15) is 4.79 Å². The Morgan fingerprint density at radius 2 is 2.06 bits per heavy atom. The molecule has 0 heterocycles. The maximum atomic E-state index is 11.2.